The molecule has 1 amide bonds. The molecule has 0 atom stereocenters. The molecule has 0 spiro atoms. The van der Waals surface area contributed by atoms with Crippen molar-refractivity contribution in [2.75, 3.05) is 17.7 Å². The zero-order valence-electron chi connectivity index (χ0n) is 12.2. The Morgan fingerprint density at radius 2 is 2.21 bits per heavy atom. The van der Waals surface area contributed by atoms with Crippen molar-refractivity contribution < 1.29 is 9.42 Å². The van der Waals surface area contributed by atoms with Gasteiger partial charge in [0.2, 0.25) is 5.82 Å². The van der Waals surface area contributed by atoms with Crippen LogP contribution < -0.4 is 10.6 Å². The summed E-state index contributed by atoms with van der Waals surface area (Å²) in [6, 6.07) is 7.51. The Bertz CT molecular complexity index is 878. The Morgan fingerprint density at radius 3 is 2.92 bits per heavy atom. The van der Waals surface area contributed by atoms with Gasteiger partial charge in [-0.15, -0.1) is 5.10 Å². The predicted octanol–water partition coefficient (Wildman–Crippen LogP) is 2.42. The first-order valence-electron chi connectivity index (χ1n) is 6.58. The highest BCUT2D eigenvalue weighted by atomic mass is 79.9. The maximum Gasteiger partial charge on any atom is 0.278 e. The molecule has 122 valence electrons. The van der Waals surface area contributed by atoms with Crippen LogP contribution in [0.3, 0.4) is 0 Å². The van der Waals surface area contributed by atoms with E-state index in [-0.39, 0.29) is 17.2 Å². The van der Waals surface area contributed by atoms with Crippen molar-refractivity contribution in [1.29, 1.82) is 0 Å². The van der Waals surface area contributed by atoms with Gasteiger partial charge in [0.15, 0.2) is 17.2 Å². The molecule has 11 heteroatoms. The number of amides is 1. The summed E-state index contributed by atoms with van der Waals surface area (Å²) in [4.78, 5) is 16.2. The highest BCUT2D eigenvalue weighted by Crippen LogP contribution is 2.18. The molecule has 3 rings (SSSR count). The SMILES string of the molecule is CN=C(Nc1cccc(Br)c1)c1nonc1NC(=O)c1csnn1. The zero-order chi connectivity index (χ0) is 16.9. The molecule has 0 radical (unpaired) electrons. The van der Waals surface area contributed by atoms with Gasteiger partial charge in [-0.25, -0.2) is 4.63 Å². The number of rotatable bonds is 4. The summed E-state index contributed by atoms with van der Waals surface area (Å²) in [5, 5.41) is 18.4. The first-order valence-corrected chi connectivity index (χ1v) is 8.21. The molecule has 2 N–H and O–H groups in total. The standard InChI is InChI=1S/C13H10BrN7O2S/c1-15-11(16-8-4-2-3-7(14)5-8)10-12(20-23-19-10)17-13(22)9-6-24-21-18-9/h2-6H,1H3,(H,15,16)(H,17,20,22). The van der Waals surface area contributed by atoms with Gasteiger partial charge in [0, 0.05) is 22.6 Å². The number of nitrogens with zero attached hydrogens (tertiary/aromatic N) is 5. The van der Waals surface area contributed by atoms with E-state index in [0.29, 0.717) is 5.84 Å². The summed E-state index contributed by atoms with van der Waals surface area (Å²) < 4.78 is 9.28. The van der Waals surface area contributed by atoms with Gasteiger partial charge in [-0.05, 0) is 40.0 Å². The largest absolute Gasteiger partial charge is 0.338 e. The number of aliphatic imine (C=N–C) groups is 1. The summed E-state index contributed by atoms with van der Waals surface area (Å²) in [5.74, 6) is 0.0655. The molecule has 2 heterocycles. The second kappa shape index (κ2) is 7.27. The quantitative estimate of drug-likeness (QED) is 0.503. The lowest BCUT2D eigenvalue weighted by Crippen LogP contribution is -2.19. The number of carbonyl (C=O) groups excluding carboxylic acids is 1. The van der Waals surface area contributed by atoms with Crippen LogP contribution >= 0.6 is 27.5 Å². The molecule has 0 fully saturated rings. The summed E-state index contributed by atoms with van der Waals surface area (Å²) in [6.45, 7) is 0. The second-order valence-corrected chi connectivity index (χ2v) is 5.94. The fraction of sp³-hybridized carbons (Fsp3) is 0.0769. The number of nitrogens with one attached hydrogen (secondary N) is 2. The molecule has 1 aromatic carbocycles. The van der Waals surface area contributed by atoms with Crippen LogP contribution in [-0.4, -0.2) is 38.7 Å². The average molecular weight is 408 g/mol. The zero-order valence-corrected chi connectivity index (χ0v) is 14.6. The number of halogens is 1. The van der Waals surface area contributed by atoms with Crippen molar-refractivity contribution in [3.63, 3.8) is 0 Å². The van der Waals surface area contributed by atoms with Crippen LogP contribution in [0.4, 0.5) is 11.5 Å². The first-order chi connectivity index (χ1) is 11.7. The van der Waals surface area contributed by atoms with E-state index in [4.69, 9.17) is 4.63 Å². The van der Waals surface area contributed by atoms with Crippen LogP contribution in [-0.2, 0) is 0 Å². The van der Waals surface area contributed by atoms with Gasteiger partial charge in [-0.3, -0.25) is 9.79 Å². The molecule has 9 nitrogen and oxygen atoms in total. The van der Waals surface area contributed by atoms with Crippen LogP contribution in [0.15, 0.2) is 43.7 Å². The molecule has 2 aromatic heterocycles. The third-order valence-corrected chi connectivity index (χ3v) is 3.85. The van der Waals surface area contributed by atoms with E-state index in [1.54, 1.807) is 7.05 Å². The topological polar surface area (TPSA) is 118 Å². The lowest BCUT2D eigenvalue weighted by molar-refractivity contribution is 0.102. The normalized spacial score (nSPS) is 11.3. The molecule has 0 unspecified atom stereocenters. The number of anilines is 2. The monoisotopic (exact) mass is 407 g/mol. The van der Waals surface area contributed by atoms with Gasteiger partial charge < -0.3 is 10.6 Å². The minimum absolute atomic E-state index is 0.135. The number of hydrogen-bond acceptors (Lipinski definition) is 8. The van der Waals surface area contributed by atoms with Crippen molar-refractivity contribution in [3.05, 3.63) is 45.5 Å². The third-order valence-electron chi connectivity index (χ3n) is 2.85. The van der Waals surface area contributed by atoms with E-state index in [9.17, 15) is 4.79 Å². The molecule has 3 aromatic rings. The van der Waals surface area contributed by atoms with Gasteiger partial charge in [0.25, 0.3) is 5.91 Å². The molecule has 0 aliphatic heterocycles. The Labute approximate surface area is 148 Å². The molecular formula is C13H10BrN7O2S. The third kappa shape index (κ3) is 3.63. The highest BCUT2D eigenvalue weighted by Gasteiger charge is 2.20. The number of hydrogen-bond donors (Lipinski definition) is 2. The number of carbonyl (C=O) groups is 1. The Morgan fingerprint density at radius 1 is 1.33 bits per heavy atom. The molecule has 0 aliphatic rings. The van der Waals surface area contributed by atoms with Crippen molar-refractivity contribution in [2.45, 2.75) is 0 Å². The number of aromatic nitrogens is 4. The average Bonchev–Trinajstić information content (AvgIpc) is 3.24. The predicted molar refractivity (Wildman–Crippen MR) is 92.4 cm³/mol. The molecular weight excluding hydrogens is 398 g/mol. The van der Waals surface area contributed by atoms with E-state index in [2.05, 4.69) is 51.5 Å². The summed E-state index contributed by atoms with van der Waals surface area (Å²) >= 11 is 4.47. The maximum absolute atomic E-state index is 12.1. The molecule has 0 bridgehead atoms. The van der Waals surface area contributed by atoms with Gasteiger partial charge >= 0.3 is 0 Å². The molecule has 0 saturated carbocycles. The summed E-state index contributed by atoms with van der Waals surface area (Å²) in [5.41, 5.74) is 1.24. The van der Waals surface area contributed by atoms with E-state index < -0.39 is 5.91 Å². The Balaban J connectivity index is 1.81. The summed E-state index contributed by atoms with van der Waals surface area (Å²) in [7, 11) is 1.59. The first kappa shape index (κ1) is 16.2. The lowest BCUT2D eigenvalue weighted by Gasteiger charge is -2.08. The van der Waals surface area contributed by atoms with Gasteiger partial charge in [-0.1, -0.05) is 26.5 Å². The van der Waals surface area contributed by atoms with E-state index in [1.165, 1.54) is 5.38 Å². The summed E-state index contributed by atoms with van der Waals surface area (Å²) in [6.07, 6.45) is 0. The second-order valence-electron chi connectivity index (χ2n) is 4.41. The number of benzene rings is 1. The van der Waals surface area contributed by atoms with E-state index >= 15 is 0 Å². The highest BCUT2D eigenvalue weighted by molar-refractivity contribution is 9.10. The fourth-order valence-electron chi connectivity index (χ4n) is 1.79. The molecule has 0 saturated heterocycles. The Hall–Kier alpha value is -2.66. The lowest BCUT2D eigenvalue weighted by atomic mass is 10.3. The van der Waals surface area contributed by atoms with Crippen LogP contribution in [0.25, 0.3) is 0 Å². The Kier molecular flexibility index (Phi) is 4.91. The van der Waals surface area contributed by atoms with Crippen LogP contribution in [0, 0.1) is 0 Å². The van der Waals surface area contributed by atoms with Gasteiger partial charge in [0.05, 0.1) is 0 Å². The minimum Gasteiger partial charge on any atom is -0.338 e. The van der Waals surface area contributed by atoms with Crippen LogP contribution in [0.1, 0.15) is 16.2 Å². The van der Waals surface area contributed by atoms with Crippen molar-refractivity contribution in [2.24, 2.45) is 4.99 Å². The maximum atomic E-state index is 12.1. The van der Waals surface area contributed by atoms with Crippen molar-refractivity contribution >= 4 is 50.7 Å². The molecule has 0 aliphatic carbocycles. The van der Waals surface area contributed by atoms with Gasteiger partial charge in [0.1, 0.15) is 0 Å². The smallest absolute Gasteiger partial charge is 0.278 e. The van der Waals surface area contributed by atoms with E-state index in [1.807, 2.05) is 24.3 Å². The van der Waals surface area contributed by atoms with Crippen LogP contribution in [0.5, 0.6) is 0 Å². The van der Waals surface area contributed by atoms with Crippen LogP contribution in [0.2, 0.25) is 0 Å². The fourth-order valence-corrected chi connectivity index (χ4v) is 2.62. The van der Waals surface area contributed by atoms with Crippen molar-refractivity contribution in [3.8, 4) is 0 Å². The minimum atomic E-state index is -0.460. The van der Waals surface area contributed by atoms with Crippen molar-refractivity contribution in [1.82, 2.24) is 19.9 Å². The number of amidine groups is 1. The van der Waals surface area contributed by atoms with Gasteiger partial charge in [-0.2, -0.15) is 0 Å². The molecule has 24 heavy (non-hydrogen) atoms. The van der Waals surface area contributed by atoms with E-state index in [0.717, 1.165) is 21.7 Å².